The maximum absolute atomic E-state index is 9.82. The van der Waals surface area contributed by atoms with E-state index in [0.717, 1.165) is 12.8 Å². The van der Waals surface area contributed by atoms with Crippen LogP contribution in [-0.2, 0) is 0 Å². The smallest absolute Gasteiger partial charge is 0.106 e. The zero-order valence-corrected chi connectivity index (χ0v) is 12.0. The fourth-order valence-electron chi connectivity index (χ4n) is 3.40. The standard InChI is InChI=1S/C13H28N2O2/c1-9(16)15(10(2)17)11-7-12(3,4)14-13(5,6)8-11/h9-11,14,16-17H,7-8H2,1-6H3. The van der Waals surface area contributed by atoms with Crippen molar-refractivity contribution in [1.82, 2.24) is 10.2 Å². The quantitative estimate of drug-likeness (QED) is 0.655. The second-order valence-electron chi connectivity index (χ2n) is 6.67. The van der Waals surface area contributed by atoms with Gasteiger partial charge in [0.25, 0.3) is 0 Å². The molecule has 1 heterocycles. The molecule has 0 aliphatic carbocycles. The van der Waals surface area contributed by atoms with Gasteiger partial charge in [0.1, 0.15) is 12.5 Å². The van der Waals surface area contributed by atoms with E-state index in [9.17, 15) is 10.2 Å². The molecule has 0 aromatic rings. The third-order valence-electron chi connectivity index (χ3n) is 3.45. The Morgan fingerprint density at radius 3 is 1.65 bits per heavy atom. The van der Waals surface area contributed by atoms with E-state index in [2.05, 4.69) is 33.0 Å². The minimum Gasteiger partial charge on any atom is -0.379 e. The third-order valence-corrected chi connectivity index (χ3v) is 3.45. The fourth-order valence-corrected chi connectivity index (χ4v) is 3.40. The number of aliphatic hydroxyl groups excluding tert-OH is 2. The van der Waals surface area contributed by atoms with Gasteiger partial charge in [0.15, 0.2) is 0 Å². The third kappa shape index (κ3) is 3.91. The highest BCUT2D eigenvalue weighted by Gasteiger charge is 2.41. The van der Waals surface area contributed by atoms with Crippen LogP contribution < -0.4 is 5.32 Å². The lowest BCUT2D eigenvalue weighted by Gasteiger charge is -2.50. The zero-order chi connectivity index (χ0) is 13.4. The van der Waals surface area contributed by atoms with E-state index in [1.165, 1.54) is 0 Å². The molecule has 0 spiro atoms. The average Bonchev–Trinajstić information content (AvgIpc) is 1.93. The number of hydrogen-bond donors (Lipinski definition) is 3. The SMILES string of the molecule is CC(O)N(C(C)O)C1CC(C)(C)NC(C)(C)C1. The largest absolute Gasteiger partial charge is 0.379 e. The predicted molar refractivity (Wildman–Crippen MR) is 69.5 cm³/mol. The highest BCUT2D eigenvalue weighted by molar-refractivity contribution is 5.00. The second-order valence-corrected chi connectivity index (χ2v) is 6.67. The Hall–Kier alpha value is -0.160. The molecule has 102 valence electrons. The number of hydrogen-bond acceptors (Lipinski definition) is 4. The average molecular weight is 244 g/mol. The van der Waals surface area contributed by atoms with Crippen molar-refractivity contribution in [3.05, 3.63) is 0 Å². The first-order chi connectivity index (χ1) is 7.54. The molecule has 2 unspecified atom stereocenters. The lowest BCUT2D eigenvalue weighted by atomic mass is 9.79. The molecule has 4 nitrogen and oxygen atoms in total. The van der Waals surface area contributed by atoms with E-state index in [4.69, 9.17) is 0 Å². The van der Waals surface area contributed by atoms with Gasteiger partial charge in [0.05, 0.1) is 0 Å². The summed E-state index contributed by atoms with van der Waals surface area (Å²) in [7, 11) is 0. The molecular weight excluding hydrogens is 216 g/mol. The number of rotatable bonds is 3. The molecule has 17 heavy (non-hydrogen) atoms. The van der Waals surface area contributed by atoms with E-state index in [-0.39, 0.29) is 17.1 Å². The van der Waals surface area contributed by atoms with Gasteiger partial charge in [-0.2, -0.15) is 0 Å². The molecule has 0 radical (unpaired) electrons. The van der Waals surface area contributed by atoms with Crippen LogP contribution in [0.25, 0.3) is 0 Å². The van der Waals surface area contributed by atoms with Gasteiger partial charge in [-0.25, -0.2) is 0 Å². The Labute approximate surface area is 105 Å². The van der Waals surface area contributed by atoms with E-state index < -0.39 is 12.5 Å². The Kier molecular flexibility index (Phi) is 4.24. The molecule has 4 heteroatoms. The maximum atomic E-state index is 9.82. The Morgan fingerprint density at radius 1 is 1.00 bits per heavy atom. The summed E-state index contributed by atoms with van der Waals surface area (Å²) in [5, 5.41) is 23.2. The molecule has 1 aliphatic heterocycles. The summed E-state index contributed by atoms with van der Waals surface area (Å²) < 4.78 is 0. The van der Waals surface area contributed by atoms with Crippen LogP contribution in [0.2, 0.25) is 0 Å². The molecule has 0 aromatic carbocycles. The van der Waals surface area contributed by atoms with Gasteiger partial charge >= 0.3 is 0 Å². The van der Waals surface area contributed by atoms with Crippen molar-refractivity contribution in [3.63, 3.8) is 0 Å². The van der Waals surface area contributed by atoms with Crippen LogP contribution in [0, 0.1) is 0 Å². The van der Waals surface area contributed by atoms with E-state index in [1.54, 1.807) is 18.7 Å². The molecule has 1 fully saturated rings. The Morgan fingerprint density at radius 2 is 1.35 bits per heavy atom. The molecule has 0 aromatic heterocycles. The molecule has 3 N–H and O–H groups in total. The summed E-state index contributed by atoms with van der Waals surface area (Å²) in [5.74, 6) is 0. The summed E-state index contributed by atoms with van der Waals surface area (Å²) in [6.45, 7) is 12.1. The first kappa shape index (κ1) is 14.9. The van der Waals surface area contributed by atoms with Crippen LogP contribution in [-0.4, -0.2) is 44.7 Å². The highest BCUT2D eigenvalue weighted by atomic mass is 16.3. The number of nitrogens with zero attached hydrogens (tertiary/aromatic N) is 1. The van der Waals surface area contributed by atoms with Crippen LogP contribution in [0.3, 0.4) is 0 Å². The lowest BCUT2D eigenvalue weighted by Crippen LogP contribution is -2.64. The second kappa shape index (κ2) is 4.84. The van der Waals surface area contributed by atoms with E-state index in [0.29, 0.717) is 0 Å². The van der Waals surface area contributed by atoms with Crippen molar-refractivity contribution in [2.24, 2.45) is 0 Å². The summed E-state index contributed by atoms with van der Waals surface area (Å²) in [4.78, 5) is 1.80. The topological polar surface area (TPSA) is 55.7 Å². The van der Waals surface area contributed by atoms with Gasteiger partial charge in [-0.05, 0) is 54.4 Å². The fraction of sp³-hybridized carbons (Fsp3) is 1.00. The van der Waals surface area contributed by atoms with Crippen molar-refractivity contribution in [1.29, 1.82) is 0 Å². The summed E-state index contributed by atoms with van der Waals surface area (Å²) >= 11 is 0. The van der Waals surface area contributed by atoms with Crippen molar-refractivity contribution < 1.29 is 10.2 Å². The van der Waals surface area contributed by atoms with Crippen molar-refractivity contribution >= 4 is 0 Å². The van der Waals surface area contributed by atoms with Crippen molar-refractivity contribution in [2.45, 2.75) is 84.0 Å². The lowest BCUT2D eigenvalue weighted by molar-refractivity contribution is -0.127. The van der Waals surface area contributed by atoms with Crippen molar-refractivity contribution in [3.8, 4) is 0 Å². The van der Waals surface area contributed by atoms with Gasteiger partial charge in [0.2, 0.25) is 0 Å². The maximum Gasteiger partial charge on any atom is 0.106 e. The monoisotopic (exact) mass is 244 g/mol. The minimum atomic E-state index is -0.621. The van der Waals surface area contributed by atoms with Gasteiger partial charge < -0.3 is 15.5 Å². The molecule has 1 aliphatic rings. The van der Waals surface area contributed by atoms with Gasteiger partial charge in [-0.3, -0.25) is 4.90 Å². The predicted octanol–water partition coefficient (Wildman–Crippen LogP) is 1.27. The van der Waals surface area contributed by atoms with E-state index >= 15 is 0 Å². The van der Waals surface area contributed by atoms with Crippen LogP contribution >= 0.6 is 0 Å². The van der Waals surface area contributed by atoms with Crippen LogP contribution in [0.15, 0.2) is 0 Å². The van der Waals surface area contributed by atoms with Crippen LogP contribution in [0.5, 0.6) is 0 Å². The summed E-state index contributed by atoms with van der Waals surface area (Å²) in [6.07, 6.45) is 0.604. The Balaban J connectivity index is 2.89. The molecular formula is C13H28N2O2. The first-order valence-corrected chi connectivity index (χ1v) is 6.47. The van der Waals surface area contributed by atoms with Gasteiger partial charge in [-0.15, -0.1) is 0 Å². The number of aliphatic hydroxyl groups is 2. The zero-order valence-electron chi connectivity index (χ0n) is 12.0. The number of piperidine rings is 1. The highest BCUT2D eigenvalue weighted by Crippen LogP contribution is 2.32. The Bertz CT molecular complexity index is 238. The summed E-state index contributed by atoms with van der Waals surface area (Å²) in [6, 6.07) is 0.196. The molecule has 2 atom stereocenters. The van der Waals surface area contributed by atoms with Crippen LogP contribution in [0.4, 0.5) is 0 Å². The molecule has 0 saturated carbocycles. The van der Waals surface area contributed by atoms with Gasteiger partial charge in [0, 0.05) is 17.1 Å². The number of nitrogens with one attached hydrogen (secondary N) is 1. The van der Waals surface area contributed by atoms with Crippen molar-refractivity contribution in [2.75, 3.05) is 0 Å². The van der Waals surface area contributed by atoms with Gasteiger partial charge in [-0.1, -0.05) is 0 Å². The van der Waals surface area contributed by atoms with Crippen LogP contribution in [0.1, 0.15) is 54.4 Å². The molecule has 1 rings (SSSR count). The molecule has 1 saturated heterocycles. The molecule has 0 bridgehead atoms. The summed E-state index contributed by atoms with van der Waals surface area (Å²) in [5.41, 5.74) is 0.0445. The minimum absolute atomic E-state index is 0.0223. The molecule has 0 amide bonds. The first-order valence-electron chi connectivity index (χ1n) is 6.47. The normalized spacial score (nSPS) is 28.1. The van der Waals surface area contributed by atoms with E-state index in [1.807, 2.05) is 0 Å².